The number of aliphatic hydroxyl groups is 1. The lowest BCUT2D eigenvalue weighted by Crippen LogP contribution is -2.19. The maximum Gasteiger partial charge on any atom is 0.175 e. The number of nitrogen functional groups attached to an aromatic ring is 1. The number of rotatable bonds is 7. The van der Waals surface area contributed by atoms with Crippen molar-refractivity contribution in [3.8, 4) is 22.6 Å². The fourth-order valence-electron chi connectivity index (χ4n) is 3.85. The maximum atomic E-state index is 14.1. The highest BCUT2D eigenvalue weighted by molar-refractivity contribution is 7.90. The van der Waals surface area contributed by atoms with E-state index in [-0.39, 0.29) is 22.0 Å². The zero-order valence-corrected chi connectivity index (χ0v) is 21.0. The second-order valence-electron chi connectivity index (χ2n) is 8.93. The lowest BCUT2D eigenvalue weighted by atomic mass is 9.95. The number of aromatic nitrogens is 4. The van der Waals surface area contributed by atoms with Gasteiger partial charge < -0.3 is 15.6 Å². The molecule has 188 valence electrons. The first-order chi connectivity index (χ1) is 16.8. The Morgan fingerprint density at radius 2 is 1.78 bits per heavy atom. The summed E-state index contributed by atoms with van der Waals surface area (Å²) in [5.41, 5.74) is 7.12. The van der Waals surface area contributed by atoms with Crippen LogP contribution in [0.1, 0.15) is 38.0 Å². The van der Waals surface area contributed by atoms with Gasteiger partial charge in [0.25, 0.3) is 0 Å². The van der Waals surface area contributed by atoms with Gasteiger partial charge in [-0.05, 0) is 56.7 Å². The highest BCUT2D eigenvalue weighted by Crippen LogP contribution is 2.35. The SMILES string of the molecule is C[C@@H](Oc1cc(-c2ccc(C(C)(C)O)c(S(C)(=O)=O)c2)cnc1N)c1cc(F)ccc1-n1nccn1. The molecule has 1 atom stereocenters. The number of anilines is 1. The Balaban J connectivity index is 1.73. The number of benzene rings is 2. The van der Waals surface area contributed by atoms with Gasteiger partial charge in [0.1, 0.15) is 11.9 Å². The molecule has 0 spiro atoms. The van der Waals surface area contributed by atoms with Crippen molar-refractivity contribution >= 4 is 15.7 Å². The fourth-order valence-corrected chi connectivity index (χ4v) is 4.91. The second-order valence-corrected chi connectivity index (χ2v) is 10.9. The van der Waals surface area contributed by atoms with Gasteiger partial charge in [0.05, 0.1) is 28.6 Å². The molecule has 11 heteroatoms. The van der Waals surface area contributed by atoms with E-state index in [2.05, 4.69) is 15.2 Å². The van der Waals surface area contributed by atoms with E-state index in [1.165, 1.54) is 55.4 Å². The van der Waals surface area contributed by atoms with E-state index in [0.717, 1.165) is 6.26 Å². The van der Waals surface area contributed by atoms with Crippen LogP contribution in [0.2, 0.25) is 0 Å². The number of hydrogen-bond donors (Lipinski definition) is 2. The minimum atomic E-state index is -3.64. The first kappa shape index (κ1) is 25.3. The van der Waals surface area contributed by atoms with E-state index in [9.17, 15) is 17.9 Å². The fraction of sp³-hybridized carbons (Fsp3) is 0.240. The van der Waals surface area contributed by atoms with Crippen LogP contribution in [0.4, 0.5) is 10.2 Å². The van der Waals surface area contributed by atoms with Gasteiger partial charge in [0, 0.05) is 29.1 Å². The first-order valence-corrected chi connectivity index (χ1v) is 12.9. The Labute approximate surface area is 208 Å². The number of halogens is 1. The summed E-state index contributed by atoms with van der Waals surface area (Å²) in [5.74, 6) is -0.107. The summed E-state index contributed by atoms with van der Waals surface area (Å²) in [5, 5.41) is 18.7. The topological polar surface area (TPSA) is 133 Å². The van der Waals surface area contributed by atoms with E-state index < -0.39 is 27.4 Å². The number of nitrogens with zero attached hydrogens (tertiary/aromatic N) is 4. The molecule has 0 saturated heterocycles. The summed E-state index contributed by atoms with van der Waals surface area (Å²) < 4.78 is 45.1. The van der Waals surface area contributed by atoms with Gasteiger partial charge in [0.15, 0.2) is 21.4 Å². The Bertz CT molecular complexity index is 1520. The van der Waals surface area contributed by atoms with Crippen molar-refractivity contribution in [2.75, 3.05) is 12.0 Å². The van der Waals surface area contributed by atoms with Crippen molar-refractivity contribution in [1.29, 1.82) is 0 Å². The van der Waals surface area contributed by atoms with Gasteiger partial charge in [-0.3, -0.25) is 0 Å². The summed E-state index contributed by atoms with van der Waals surface area (Å²) in [6.45, 7) is 4.77. The number of pyridine rings is 1. The minimum Gasteiger partial charge on any atom is -0.482 e. The highest BCUT2D eigenvalue weighted by Gasteiger charge is 2.25. The zero-order chi connectivity index (χ0) is 26.3. The van der Waals surface area contributed by atoms with Crippen molar-refractivity contribution < 1.29 is 22.7 Å². The molecule has 0 fully saturated rings. The Kier molecular flexibility index (Phi) is 6.54. The Morgan fingerprint density at radius 1 is 1.08 bits per heavy atom. The van der Waals surface area contributed by atoms with Gasteiger partial charge in [0.2, 0.25) is 0 Å². The Morgan fingerprint density at radius 3 is 2.42 bits per heavy atom. The molecule has 0 bridgehead atoms. The summed E-state index contributed by atoms with van der Waals surface area (Å²) in [4.78, 5) is 5.58. The third-order valence-corrected chi connectivity index (χ3v) is 6.76. The van der Waals surface area contributed by atoms with E-state index in [1.54, 1.807) is 31.2 Å². The van der Waals surface area contributed by atoms with Crippen LogP contribution >= 0.6 is 0 Å². The monoisotopic (exact) mass is 511 g/mol. The molecule has 0 amide bonds. The number of nitrogens with two attached hydrogens (primary N) is 1. The lowest BCUT2D eigenvalue weighted by Gasteiger charge is -2.22. The number of sulfone groups is 1. The van der Waals surface area contributed by atoms with Crippen LogP contribution in [0.15, 0.2) is 66.0 Å². The van der Waals surface area contributed by atoms with Gasteiger partial charge in [-0.1, -0.05) is 12.1 Å². The normalized spacial score (nSPS) is 12.9. The van der Waals surface area contributed by atoms with E-state index in [1.807, 2.05) is 0 Å². The molecule has 2 heterocycles. The molecular weight excluding hydrogens is 485 g/mol. The van der Waals surface area contributed by atoms with Gasteiger partial charge in [-0.25, -0.2) is 17.8 Å². The molecule has 4 rings (SSSR count). The molecule has 4 aromatic rings. The molecule has 0 unspecified atom stereocenters. The van der Waals surface area contributed by atoms with Crippen LogP contribution in [0.25, 0.3) is 16.8 Å². The van der Waals surface area contributed by atoms with Crippen LogP contribution < -0.4 is 10.5 Å². The summed E-state index contributed by atoms with van der Waals surface area (Å²) >= 11 is 0. The molecule has 0 saturated carbocycles. The van der Waals surface area contributed by atoms with E-state index in [0.29, 0.717) is 22.4 Å². The van der Waals surface area contributed by atoms with Crippen molar-refractivity contribution in [3.63, 3.8) is 0 Å². The van der Waals surface area contributed by atoms with Crippen LogP contribution in [0.5, 0.6) is 5.75 Å². The minimum absolute atomic E-state index is 0.0105. The van der Waals surface area contributed by atoms with E-state index in [4.69, 9.17) is 10.5 Å². The lowest BCUT2D eigenvalue weighted by molar-refractivity contribution is 0.0755. The van der Waals surface area contributed by atoms with E-state index >= 15 is 0 Å². The number of ether oxygens (including phenoxy) is 1. The summed E-state index contributed by atoms with van der Waals surface area (Å²) in [7, 11) is -3.64. The third kappa shape index (κ3) is 5.21. The third-order valence-electron chi connectivity index (χ3n) is 5.62. The van der Waals surface area contributed by atoms with Crippen molar-refractivity contribution in [2.24, 2.45) is 0 Å². The van der Waals surface area contributed by atoms with Gasteiger partial charge in [-0.2, -0.15) is 15.0 Å². The molecule has 2 aromatic carbocycles. The van der Waals surface area contributed by atoms with Crippen molar-refractivity contribution in [2.45, 2.75) is 37.4 Å². The van der Waals surface area contributed by atoms with Crippen LogP contribution in [-0.2, 0) is 15.4 Å². The molecule has 0 aliphatic carbocycles. The highest BCUT2D eigenvalue weighted by atomic mass is 32.2. The Hall–Kier alpha value is -3.83. The van der Waals surface area contributed by atoms with Crippen LogP contribution in [-0.4, -0.2) is 39.8 Å². The quantitative estimate of drug-likeness (QED) is 0.383. The molecule has 3 N–H and O–H groups in total. The average molecular weight is 512 g/mol. The molecule has 0 radical (unpaired) electrons. The van der Waals surface area contributed by atoms with Crippen LogP contribution in [0, 0.1) is 5.82 Å². The zero-order valence-electron chi connectivity index (χ0n) is 20.2. The predicted octanol–water partition coefficient (Wildman–Crippen LogP) is 3.82. The summed E-state index contributed by atoms with van der Waals surface area (Å²) in [6, 6.07) is 10.6. The smallest absolute Gasteiger partial charge is 0.175 e. The van der Waals surface area contributed by atoms with Crippen LogP contribution in [0.3, 0.4) is 0 Å². The van der Waals surface area contributed by atoms with Crippen molar-refractivity contribution in [1.82, 2.24) is 20.0 Å². The second kappa shape index (κ2) is 9.32. The first-order valence-electron chi connectivity index (χ1n) is 11.0. The maximum absolute atomic E-state index is 14.1. The predicted molar refractivity (Wildman–Crippen MR) is 133 cm³/mol. The number of hydrogen-bond acceptors (Lipinski definition) is 8. The summed E-state index contributed by atoms with van der Waals surface area (Å²) in [6.07, 6.45) is 4.95. The molecular formula is C25H26FN5O4S. The largest absolute Gasteiger partial charge is 0.482 e. The van der Waals surface area contributed by atoms with Crippen molar-refractivity contribution in [3.05, 3.63) is 78.0 Å². The standard InChI is InChI=1S/C25H26FN5O4S/c1-15(19-13-18(26)6-8-21(19)31-29-9-10-30-31)35-22-11-17(14-28-24(22)27)16-5-7-20(25(2,3)32)23(12-16)36(4,33)34/h5-15,32H,1-4H3,(H2,27,28)/t15-/m1/s1. The van der Waals surface area contributed by atoms with Gasteiger partial charge >= 0.3 is 0 Å². The molecule has 0 aliphatic rings. The molecule has 0 aliphatic heterocycles. The average Bonchev–Trinajstić information content (AvgIpc) is 3.33. The molecule has 9 nitrogen and oxygen atoms in total. The molecule has 36 heavy (non-hydrogen) atoms. The van der Waals surface area contributed by atoms with Gasteiger partial charge in [-0.15, -0.1) is 0 Å². The molecule has 2 aromatic heterocycles.